The molecule has 0 radical (unpaired) electrons. The second kappa shape index (κ2) is 6.20. The van der Waals surface area contributed by atoms with Gasteiger partial charge in [-0.2, -0.15) is 0 Å². The minimum atomic E-state index is 0.549. The molecule has 4 heteroatoms. The summed E-state index contributed by atoms with van der Waals surface area (Å²) in [5, 5.41) is 0. The standard InChI is InChI=1S/C16H17NO2S/c17-11-12-4-1-2-5-16(12)20-13-6-7-14-15(10-13)19-9-3-8-18-14/h1-2,4-7,10H,3,8-9,11,17H2. The van der Waals surface area contributed by atoms with Gasteiger partial charge in [0.25, 0.3) is 0 Å². The van der Waals surface area contributed by atoms with Crippen LogP contribution in [0, 0.1) is 0 Å². The average Bonchev–Trinajstić information content (AvgIpc) is 2.72. The molecule has 1 aliphatic heterocycles. The van der Waals surface area contributed by atoms with Gasteiger partial charge in [-0.25, -0.2) is 0 Å². The van der Waals surface area contributed by atoms with Crippen molar-refractivity contribution in [1.82, 2.24) is 0 Å². The predicted octanol–water partition coefficient (Wildman–Crippen LogP) is 3.46. The molecule has 3 rings (SSSR count). The third kappa shape index (κ3) is 2.92. The van der Waals surface area contributed by atoms with E-state index in [1.54, 1.807) is 11.8 Å². The molecule has 2 aromatic carbocycles. The predicted molar refractivity (Wildman–Crippen MR) is 80.5 cm³/mol. The quantitative estimate of drug-likeness (QED) is 0.939. The number of hydrogen-bond acceptors (Lipinski definition) is 4. The number of ether oxygens (including phenoxy) is 2. The lowest BCUT2D eigenvalue weighted by molar-refractivity contribution is 0.297. The van der Waals surface area contributed by atoms with Gasteiger partial charge in [-0.3, -0.25) is 0 Å². The van der Waals surface area contributed by atoms with Crippen LogP contribution in [0.4, 0.5) is 0 Å². The van der Waals surface area contributed by atoms with Crippen LogP contribution in [-0.2, 0) is 6.54 Å². The molecule has 0 saturated carbocycles. The Balaban J connectivity index is 1.86. The maximum Gasteiger partial charge on any atom is 0.162 e. The largest absolute Gasteiger partial charge is 0.490 e. The first kappa shape index (κ1) is 13.3. The highest BCUT2D eigenvalue weighted by Crippen LogP contribution is 2.37. The molecule has 1 aliphatic rings. The van der Waals surface area contributed by atoms with Crippen molar-refractivity contribution in [2.45, 2.75) is 22.8 Å². The second-order valence-electron chi connectivity index (χ2n) is 4.57. The zero-order chi connectivity index (χ0) is 13.8. The zero-order valence-electron chi connectivity index (χ0n) is 11.2. The molecule has 1 heterocycles. The maximum absolute atomic E-state index is 5.78. The molecule has 0 saturated heterocycles. The number of fused-ring (bicyclic) bond motifs is 1. The van der Waals surface area contributed by atoms with E-state index in [1.165, 1.54) is 4.90 Å². The third-order valence-corrected chi connectivity index (χ3v) is 4.25. The van der Waals surface area contributed by atoms with Crippen LogP contribution in [0.1, 0.15) is 12.0 Å². The van der Waals surface area contributed by atoms with Crippen LogP contribution in [0.25, 0.3) is 0 Å². The summed E-state index contributed by atoms with van der Waals surface area (Å²) in [6, 6.07) is 14.3. The second-order valence-corrected chi connectivity index (χ2v) is 5.69. The van der Waals surface area contributed by atoms with E-state index < -0.39 is 0 Å². The Labute approximate surface area is 123 Å². The summed E-state index contributed by atoms with van der Waals surface area (Å²) in [6.45, 7) is 1.98. The van der Waals surface area contributed by atoms with Crippen molar-refractivity contribution in [3.63, 3.8) is 0 Å². The lowest BCUT2D eigenvalue weighted by Crippen LogP contribution is -1.97. The Bertz CT molecular complexity index is 601. The average molecular weight is 287 g/mol. The van der Waals surface area contributed by atoms with Crippen molar-refractivity contribution in [2.75, 3.05) is 13.2 Å². The van der Waals surface area contributed by atoms with Crippen molar-refractivity contribution in [2.24, 2.45) is 5.73 Å². The summed E-state index contributed by atoms with van der Waals surface area (Å²) >= 11 is 1.70. The highest BCUT2D eigenvalue weighted by atomic mass is 32.2. The van der Waals surface area contributed by atoms with Crippen molar-refractivity contribution in [1.29, 1.82) is 0 Å². The molecule has 3 nitrogen and oxygen atoms in total. The fourth-order valence-corrected chi connectivity index (χ4v) is 3.09. The Morgan fingerprint density at radius 3 is 2.65 bits per heavy atom. The van der Waals surface area contributed by atoms with Gasteiger partial charge in [0.05, 0.1) is 13.2 Å². The summed E-state index contributed by atoms with van der Waals surface area (Å²) in [7, 11) is 0. The topological polar surface area (TPSA) is 44.5 Å². The van der Waals surface area contributed by atoms with Gasteiger partial charge in [-0.1, -0.05) is 30.0 Å². The van der Waals surface area contributed by atoms with Crippen LogP contribution in [0.15, 0.2) is 52.3 Å². The Kier molecular flexibility index (Phi) is 4.14. The van der Waals surface area contributed by atoms with Crippen LogP contribution >= 0.6 is 11.8 Å². The number of rotatable bonds is 3. The number of hydrogen-bond donors (Lipinski definition) is 1. The number of nitrogens with two attached hydrogens (primary N) is 1. The van der Waals surface area contributed by atoms with Gasteiger partial charge >= 0.3 is 0 Å². The van der Waals surface area contributed by atoms with Crippen LogP contribution in [0.5, 0.6) is 11.5 Å². The smallest absolute Gasteiger partial charge is 0.162 e. The highest BCUT2D eigenvalue weighted by Gasteiger charge is 2.11. The maximum atomic E-state index is 5.78. The molecular formula is C16H17NO2S. The summed E-state index contributed by atoms with van der Waals surface area (Å²) in [6.07, 6.45) is 0.924. The fourth-order valence-electron chi connectivity index (χ4n) is 2.11. The van der Waals surface area contributed by atoms with E-state index in [4.69, 9.17) is 15.2 Å². The van der Waals surface area contributed by atoms with Gasteiger partial charge in [-0.05, 0) is 29.8 Å². The molecule has 0 aromatic heterocycles. The summed E-state index contributed by atoms with van der Waals surface area (Å²) in [5.41, 5.74) is 6.93. The zero-order valence-corrected chi connectivity index (χ0v) is 12.0. The van der Waals surface area contributed by atoms with E-state index >= 15 is 0 Å². The van der Waals surface area contributed by atoms with Crippen molar-refractivity contribution in [3.05, 3.63) is 48.0 Å². The molecule has 0 bridgehead atoms. The van der Waals surface area contributed by atoms with Gasteiger partial charge in [0, 0.05) is 22.8 Å². The van der Waals surface area contributed by atoms with E-state index in [0.29, 0.717) is 13.2 Å². The van der Waals surface area contributed by atoms with E-state index in [2.05, 4.69) is 18.2 Å². The molecule has 0 fully saturated rings. The summed E-state index contributed by atoms with van der Waals surface area (Å²) in [4.78, 5) is 2.32. The first-order chi connectivity index (χ1) is 9.86. The van der Waals surface area contributed by atoms with Gasteiger partial charge in [0.2, 0.25) is 0 Å². The molecule has 104 valence electrons. The van der Waals surface area contributed by atoms with Crippen molar-refractivity contribution in [3.8, 4) is 11.5 Å². The van der Waals surface area contributed by atoms with E-state index in [1.807, 2.05) is 24.3 Å². The lowest BCUT2D eigenvalue weighted by Gasteiger charge is -2.10. The highest BCUT2D eigenvalue weighted by molar-refractivity contribution is 7.99. The normalized spacial score (nSPS) is 13.8. The van der Waals surface area contributed by atoms with Gasteiger partial charge in [0.1, 0.15) is 0 Å². The van der Waals surface area contributed by atoms with Gasteiger partial charge < -0.3 is 15.2 Å². The summed E-state index contributed by atoms with van der Waals surface area (Å²) < 4.78 is 11.4. The lowest BCUT2D eigenvalue weighted by atomic mass is 10.2. The Hall–Kier alpha value is -1.65. The molecule has 2 aromatic rings. The Morgan fingerprint density at radius 2 is 1.80 bits per heavy atom. The van der Waals surface area contributed by atoms with Crippen LogP contribution in [0.2, 0.25) is 0 Å². The van der Waals surface area contributed by atoms with Crippen LogP contribution in [-0.4, -0.2) is 13.2 Å². The van der Waals surface area contributed by atoms with E-state index in [-0.39, 0.29) is 0 Å². The molecule has 2 N–H and O–H groups in total. The van der Waals surface area contributed by atoms with Crippen LogP contribution in [0.3, 0.4) is 0 Å². The molecule has 0 amide bonds. The monoisotopic (exact) mass is 287 g/mol. The minimum Gasteiger partial charge on any atom is -0.490 e. The van der Waals surface area contributed by atoms with Gasteiger partial charge in [0.15, 0.2) is 11.5 Å². The fraction of sp³-hybridized carbons (Fsp3) is 0.250. The first-order valence-corrected chi connectivity index (χ1v) is 7.54. The molecular weight excluding hydrogens is 270 g/mol. The minimum absolute atomic E-state index is 0.549. The summed E-state index contributed by atoms with van der Waals surface area (Å²) in [5.74, 6) is 1.66. The molecule has 0 spiro atoms. The van der Waals surface area contributed by atoms with Crippen molar-refractivity contribution < 1.29 is 9.47 Å². The Morgan fingerprint density at radius 1 is 1.00 bits per heavy atom. The van der Waals surface area contributed by atoms with E-state index in [0.717, 1.165) is 35.0 Å². The van der Waals surface area contributed by atoms with Crippen molar-refractivity contribution >= 4 is 11.8 Å². The molecule has 0 unspecified atom stereocenters. The third-order valence-electron chi connectivity index (χ3n) is 3.14. The molecule has 0 aliphatic carbocycles. The first-order valence-electron chi connectivity index (χ1n) is 6.72. The number of benzene rings is 2. The van der Waals surface area contributed by atoms with Crippen LogP contribution < -0.4 is 15.2 Å². The van der Waals surface area contributed by atoms with E-state index in [9.17, 15) is 0 Å². The molecule has 20 heavy (non-hydrogen) atoms. The van der Waals surface area contributed by atoms with Gasteiger partial charge in [-0.15, -0.1) is 0 Å². The SMILES string of the molecule is NCc1ccccc1Sc1ccc2c(c1)OCCCO2. The molecule has 0 atom stereocenters.